The first-order valence-electron chi connectivity index (χ1n) is 9.18. The lowest BCUT2D eigenvalue weighted by Gasteiger charge is -2.48. The van der Waals surface area contributed by atoms with Crippen LogP contribution in [0.1, 0.15) is 59.3 Å². The fourth-order valence-corrected chi connectivity index (χ4v) is 4.29. The van der Waals surface area contributed by atoms with E-state index in [2.05, 4.69) is 42.9 Å². The molecule has 1 N–H and O–H groups in total. The second-order valence-electron chi connectivity index (χ2n) is 7.97. The van der Waals surface area contributed by atoms with Crippen molar-refractivity contribution in [1.82, 2.24) is 15.1 Å². The van der Waals surface area contributed by atoms with Gasteiger partial charge in [0.15, 0.2) is 0 Å². The Hall–Kier alpha value is -0.770. The first kappa shape index (κ1) is 17.6. The molecule has 2 amide bonds. The molecule has 2 saturated heterocycles. The molecule has 0 spiro atoms. The summed E-state index contributed by atoms with van der Waals surface area (Å²) in [5.74, 6) is 1.60. The van der Waals surface area contributed by atoms with Gasteiger partial charge in [0, 0.05) is 25.2 Å². The topological polar surface area (TPSA) is 35.6 Å². The average Bonchev–Trinajstić information content (AvgIpc) is 2.46. The van der Waals surface area contributed by atoms with Crippen molar-refractivity contribution >= 4 is 6.03 Å². The van der Waals surface area contributed by atoms with Crippen LogP contribution in [0.2, 0.25) is 0 Å². The third-order valence-corrected chi connectivity index (χ3v) is 5.60. The predicted octanol–water partition coefficient (Wildman–Crippen LogP) is 3.33. The molecular weight excluding hydrogens is 274 g/mol. The molecule has 4 nitrogen and oxygen atoms in total. The summed E-state index contributed by atoms with van der Waals surface area (Å²) in [7, 11) is 2.24. The number of hydrogen-bond donors (Lipinski definition) is 1. The van der Waals surface area contributed by atoms with Crippen LogP contribution in [0.3, 0.4) is 0 Å². The number of likely N-dealkylation sites (tertiary alicyclic amines) is 2. The summed E-state index contributed by atoms with van der Waals surface area (Å²) in [6, 6.07) is 0.137. The van der Waals surface area contributed by atoms with Crippen LogP contribution in [-0.4, -0.2) is 54.6 Å². The molecular formula is C18H35N3O. The largest absolute Gasteiger partial charge is 0.338 e. The molecule has 22 heavy (non-hydrogen) atoms. The van der Waals surface area contributed by atoms with E-state index in [-0.39, 0.29) is 11.6 Å². The molecule has 0 saturated carbocycles. The van der Waals surface area contributed by atoms with E-state index < -0.39 is 0 Å². The van der Waals surface area contributed by atoms with Crippen molar-refractivity contribution < 1.29 is 4.79 Å². The zero-order chi connectivity index (χ0) is 16.2. The fourth-order valence-electron chi connectivity index (χ4n) is 4.29. The van der Waals surface area contributed by atoms with E-state index in [1.807, 2.05) is 0 Å². The smallest absolute Gasteiger partial charge is 0.317 e. The number of unbranched alkanes of at least 4 members (excludes halogenated alkanes) is 1. The van der Waals surface area contributed by atoms with Crippen LogP contribution in [0.25, 0.3) is 0 Å². The van der Waals surface area contributed by atoms with Crippen molar-refractivity contribution in [2.75, 3.05) is 33.2 Å². The van der Waals surface area contributed by atoms with E-state index in [0.717, 1.165) is 44.2 Å². The van der Waals surface area contributed by atoms with Crippen molar-refractivity contribution in [3.05, 3.63) is 0 Å². The van der Waals surface area contributed by atoms with Crippen molar-refractivity contribution in [3.63, 3.8) is 0 Å². The van der Waals surface area contributed by atoms with Gasteiger partial charge in [0.05, 0.1) is 0 Å². The molecule has 2 aliphatic rings. The summed E-state index contributed by atoms with van der Waals surface area (Å²) in [6.07, 6.45) is 7.21. The highest BCUT2D eigenvalue weighted by atomic mass is 16.2. The second kappa shape index (κ2) is 7.67. The number of urea groups is 1. The predicted molar refractivity (Wildman–Crippen MR) is 92.0 cm³/mol. The minimum absolute atomic E-state index is 0.0186. The maximum atomic E-state index is 12.4. The molecule has 128 valence electrons. The third kappa shape index (κ3) is 4.37. The molecule has 0 aromatic carbocycles. The van der Waals surface area contributed by atoms with Gasteiger partial charge in [-0.2, -0.15) is 0 Å². The maximum absolute atomic E-state index is 12.4. The SMILES string of the molecule is CCCCNC(=O)N1CCC(C2CCCN(C)C2)CC1(C)C. The molecule has 4 heteroatoms. The fraction of sp³-hybridized carbons (Fsp3) is 0.944. The van der Waals surface area contributed by atoms with E-state index in [0.29, 0.717) is 0 Å². The monoisotopic (exact) mass is 309 g/mol. The van der Waals surface area contributed by atoms with Gasteiger partial charge in [0.2, 0.25) is 0 Å². The highest BCUT2D eigenvalue weighted by Crippen LogP contribution is 2.38. The minimum atomic E-state index is -0.0186. The number of amides is 2. The van der Waals surface area contributed by atoms with Crippen LogP contribution in [-0.2, 0) is 0 Å². The Kier molecular flexibility index (Phi) is 6.13. The van der Waals surface area contributed by atoms with Crippen molar-refractivity contribution in [2.24, 2.45) is 11.8 Å². The zero-order valence-corrected chi connectivity index (χ0v) is 15.0. The lowest BCUT2D eigenvalue weighted by molar-refractivity contribution is 0.0373. The Morgan fingerprint density at radius 3 is 2.64 bits per heavy atom. The summed E-state index contributed by atoms with van der Waals surface area (Å²) in [5.41, 5.74) is -0.0186. The third-order valence-electron chi connectivity index (χ3n) is 5.60. The number of rotatable bonds is 4. The summed E-state index contributed by atoms with van der Waals surface area (Å²) in [6.45, 7) is 10.8. The van der Waals surface area contributed by atoms with Gasteiger partial charge in [-0.3, -0.25) is 0 Å². The standard InChI is InChI=1S/C18H35N3O/c1-5-6-10-19-17(22)21-12-9-15(13-18(21,2)3)16-8-7-11-20(4)14-16/h15-16H,5-14H2,1-4H3,(H,19,22). The van der Waals surface area contributed by atoms with Crippen molar-refractivity contribution in [3.8, 4) is 0 Å². The number of nitrogens with one attached hydrogen (secondary N) is 1. The van der Waals surface area contributed by atoms with Crippen LogP contribution >= 0.6 is 0 Å². The quantitative estimate of drug-likeness (QED) is 0.809. The number of piperidine rings is 2. The van der Waals surface area contributed by atoms with Gasteiger partial charge in [0.25, 0.3) is 0 Å². The number of carbonyl (C=O) groups is 1. The molecule has 2 fully saturated rings. The molecule has 2 atom stereocenters. The Balaban J connectivity index is 1.89. The van der Waals surface area contributed by atoms with Gasteiger partial charge in [-0.1, -0.05) is 13.3 Å². The van der Waals surface area contributed by atoms with Crippen LogP contribution in [0.4, 0.5) is 4.79 Å². The lowest BCUT2D eigenvalue weighted by atomic mass is 9.73. The summed E-state index contributed by atoms with van der Waals surface area (Å²) >= 11 is 0. The van der Waals surface area contributed by atoms with E-state index in [1.165, 1.54) is 32.4 Å². The maximum Gasteiger partial charge on any atom is 0.317 e. The molecule has 0 bridgehead atoms. The van der Waals surface area contributed by atoms with Crippen molar-refractivity contribution in [2.45, 2.75) is 64.8 Å². The number of carbonyl (C=O) groups excluding carboxylic acids is 1. The number of hydrogen-bond acceptors (Lipinski definition) is 2. The van der Waals surface area contributed by atoms with E-state index in [1.54, 1.807) is 0 Å². The highest BCUT2D eigenvalue weighted by molar-refractivity contribution is 5.75. The Bertz CT molecular complexity index is 369. The van der Waals surface area contributed by atoms with Crippen LogP contribution < -0.4 is 5.32 Å². The highest BCUT2D eigenvalue weighted by Gasteiger charge is 2.40. The van der Waals surface area contributed by atoms with Gasteiger partial charge < -0.3 is 15.1 Å². The second-order valence-corrected chi connectivity index (χ2v) is 7.97. The first-order valence-corrected chi connectivity index (χ1v) is 9.18. The normalized spacial score (nSPS) is 29.4. The molecule has 0 aromatic heterocycles. The van der Waals surface area contributed by atoms with Gasteiger partial charge in [0.1, 0.15) is 0 Å². The van der Waals surface area contributed by atoms with Gasteiger partial charge >= 0.3 is 6.03 Å². The molecule has 0 aromatic rings. The van der Waals surface area contributed by atoms with Gasteiger partial charge in [-0.25, -0.2) is 4.79 Å². The Morgan fingerprint density at radius 1 is 1.23 bits per heavy atom. The van der Waals surface area contributed by atoms with Gasteiger partial charge in [-0.15, -0.1) is 0 Å². The average molecular weight is 309 g/mol. The molecule has 2 aliphatic heterocycles. The van der Waals surface area contributed by atoms with E-state index in [9.17, 15) is 4.79 Å². The van der Waals surface area contributed by atoms with Crippen LogP contribution in [0.15, 0.2) is 0 Å². The molecule has 0 radical (unpaired) electrons. The molecule has 0 aliphatic carbocycles. The van der Waals surface area contributed by atoms with Crippen LogP contribution in [0.5, 0.6) is 0 Å². The van der Waals surface area contributed by atoms with E-state index >= 15 is 0 Å². The first-order chi connectivity index (χ1) is 10.4. The van der Waals surface area contributed by atoms with Crippen molar-refractivity contribution in [1.29, 1.82) is 0 Å². The Morgan fingerprint density at radius 2 is 2.00 bits per heavy atom. The zero-order valence-electron chi connectivity index (χ0n) is 15.0. The minimum Gasteiger partial charge on any atom is -0.338 e. The van der Waals surface area contributed by atoms with Gasteiger partial charge in [-0.05, 0) is 71.4 Å². The van der Waals surface area contributed by atoms with E-state index in [4.69, 9.17) is 0 Å². The summed E-state index contributed by atoms with van der Waals surface area (Å²) < 4.78 is 0. The molecule has 2 unspecified atom stereocenters. The van der Waals surface area contributed by atoms with Crippen LogP contribution in [0, 0.1) is 11.8 Å². The molecule has 2 heterocycles. The molecule has 2 rings (SSSR count). The number of nitrogens with zero attached hydrogens (tertiary/aromatic N) is 2. The Labute approximate surface area is 136 Å². The summed E-state index contributed by atoms with van der Waals surface area (Å²) in [4.78, 5) is 17.0. The summed E-state index contributed by atoms with van der Waals surface area (Å²) in [5, 5.41) is 3.09. The lowest BCUT2D eigenvalue weighted by Crippen LogP contribution is -2.57.